The Labute approximate surface area is 241 Å². The molecule has 0 aliphatic rings. The number of nitrogens with one attached hydrogen (secondary N) is 2. The molecular formula is C27H27F5N6O3S. The lowest BCUT2D eigenvalue weighted by Crippen LogP contribution is -2.28. The number of anilines is 1. The number of nitrogens with zero attached hydrogens (tertiary/aromatic N) is 2. The molecule has 0 atom stereocenters. The summed E-state index contributed by atoms with van der Waals surface area (Å²) in [6.45, 7) is 0. The molecule has 0 radical (unpaired) electrons. The fraction of sp³-hybridized carbons (Fsp3) is 0.259. The van der Waals surface area contributed by atoms with Crippen molar-refractivity contribution < 1.29 is 36.3 Å². The molecule has 1 heterocycles. The normalized spacial score (nSPS) is 12.2. The summed E-state index contributed by atoms with van der Waals surface area (Å²) in [7, 11) is 0. The molecule has 0 saturated carbocycles. The molecule has 3 aromatic rings. The maximum atomic E-state index is 13.7. The van der Waals surface area contributed by atoms with E-state index in [1.54, 1.807) is 0 Å². The van der Waals surface area contributed by atoms with Crippen molar-refractivity contribution in [3.63, 3.8) is 0 Å². The van der Waals surface area contributed by atoms with Crippen LogP contribution < -0.4 is 26.8 Å². The van der Waals surface area contributed by atoms with Crippen molar-refractivity contribution in [3.8, 4) is 5.75 Å². The van der Waals surface area contributed by atoms with Crippen LogP contribution in [-0.4, -0.2) is 28.4 Å². The third-order valence-corrected chi connectivity index (χ3v) is 6.36. The highest BCUT2D eigenvalue weighted by Crippen LogP contribution is 2.23. The summed E-state index contributed by atoms with van der Waals surface area (Å²) in [6, 6.07) is 8.69. The van der Waals surface area contributed by atoms with Crippen molar-refractivity contribution in [2.45, 2.75) is 44.9 Å². The summed E-state index contributed by atoms with van der Waals surface area (Å²) in [5.74, 6) is -3.59. The van der Waals surface area contributed by atoms with Crippen LogP contribution in [0, 0.1) is 11.6 Å². The van der Waals surface area contributed by atoms with Crippen LogP contribution in [0.25, 0.3) is 0 Å². The first-order valence-corrected chi connectivity index (χ1v) is 13.3. The number of aromatic nitrogens is 2. The van der Waals surface area contributed by atoms with Gasteiger partial charge in [-0.2, -0.15) is 0 Å². The van der Waals surface area contributed by atoms with Gasteiger partial charge in [0.05, 0.1) is 12.8 Å². The maximum absolute atomic E-state index is 13.7. The number of nitrogens with two attached hydrogens (primary N) is 2. The molecule has 42 heavy (non-hydrogen) atoms. The van der Waals surface area contributed by atoms with Gasteiger partial charge in [0, 0.05) is 17.7 Å². The molecule has 0 unspecified atom stereocenters. The van der Waals surface area contributed by atoms with E-state index in [4.69, 9.17) is 11.5 Å². The van der Waals surface area contributed by atoms with Crippen molar-refractivity contribution in [1.82, 2.24) is 15.5 Å². The van der Waals surface area contributed by atoms with Crippen molar-refractivity contribution in [2.24, 2.45) is 11.5 Å². The first kappa shape index (κ1) is 32.0. The number of allylic oxidation sites excluding steroid dienone is 3. The Morgan fingerprint density at radius 3 is 2.50 bits per heavy atom. The maximum Gasteiger partial charge on any atom is 0.573 e. The number of benzene rings is 2. The van der Waals surface area contributed by atoms with Crippen LogP contribution in [0.15, 0.2) is 66.1 Å². The number of rotatable bonds is 13. The van der Waals surface area contributed by atoms with Crippen LogP contribution in [0.2, 0.25) is 0 Å². The first-order chi connectivity index (χ1) is 19.9. The van der Waals surface area contributed by atoms with Crippen molar-refractivity contribution in [2.75, 3.05) is 5.32 Å². The van der Waals surface area contributed by atoms with Gasteiger partial charge in [-0.3, -0.25) is 9.59 Å². The number of carbonyl (C=O) groups excluding carboxylic acids is 2. The molecule has 2 aromatic carbocycles. The second-order valence-corrected chi connectivity index (χ2v) is 9.99. The second kappa shape index (κ2) is 14.9. The summed E-state index contributed by atoms with van der Waals surface area (Å²) in [5.41, 5.74) is 12.5. The quantitative estimate of drug-likeness (QED) is 0.126. The second-order valence-electron chi connectivity index (χ2n) is 8.93. The van der Waals surface area contributed by atoms with Crippen molar-refractivity contribution in [3.05, 3.63) is 93.9 Å². The highest BCUT2D eigenvalue weighted by molar-refractivity contribution is 7.15. The highest BCUT2D eigenvalue weighted by atomic mass is 32.1. The van der Waals surface area contributed by atoms with Gasteiger partial charge in [-0.25, -0.2) is 8.78 Å². The van der Waals surface area contributed by atoms with Crippen molar-refractivity contribution >= 4 is 28.3 Å². The fourth-order valence-corrected chi connectivity index (χ4v) is 4.39. The van der Waals surface area contributed by atoms with Crippen molar-refractivity contribution in [1.29, 1.82) is 0 Å². The van der Waals surface area contributed by atoms with Gasteiger partial charge in [-0.05, 0) is 55.2 Å². The molecule has 2 amide bonds. The predicted octanol–water partition coefficient (Wildman–Crippen LogP) is 4.61. The number of ether oxygens (including phenoxy) is 1. The molecule has 0 aliphatic carbocycles. The van der Waals surface area contributed by atoms with E-state index in [2.05, 4.69) is 25.6 Å². The van der Waals surface area contributed by atoms with E-state index in [9.17, 15) is 31.5 Å². The van der Waals surface area contributed by atoms with Gasteiger partial charge in [0.25, 0.3) is 0 Å². The number of halogens is 5. The van der Waals surface area contributed by atoms with E-state index in [1.165, 1.54) is 47.8 Å². The minimum Gasteiger partial charge on any atom is -0.406 e. The molecule has 15 heteroatoms. The zero-order chi connectivity index (χ0) is 30.7. The average Bonchev–Trinajstić information content (AvgIpc) is 3.34. The van der Waals surface area contributed by atoms with Gasteiger partial charge in [-0.15, -0.1) is 23.4 Å². The van der Waals surface area contributed by atoms with Crippen LogP contribution in [0.1, 0.15) is 35.4 Å². The van der Waals surface area contributed by atoms with E-state index in [0.29, 0.717) is 42.0 Å². The minimum absolute atomic E-state index is 0.00854. The number of alkyl halides is 3. The standard InChI is InChI=1S/C27H27F5N6O3S/c28-20-9-4-6-17(25(20)29)15-23(40)36-26-38-37-24(42-26)10-2-1-7-18(33)11-12-21(34)35-22(39)14-16-5-3-8-19(13-16)41-27(30,31)32/h3-6,8-9,11-13H,1-2,7,10,14-15,33-34H2,(H,35,39)(H,36,38,40)/b18-11-,21-12+. The van der Waals surface area contributed by atoms with E-state index in [-0.39, 0.29) is 29.4 Å². The Morgan fingerprint density at radius 2 is 1.74 bits per heavy atom. The van der Waals surface area contributed by atoms with E-state index in [0.717, 1.165) is 18.2 Å². The summed E-state index contributed by atoms with van der Waals surface area (Å²) in [5, 5.41) is 13.8. The van der Waals surface area contributed by atoms with Crippen LogP contribution in [0.3, 0.4) is 0 Å². The topological polar surface area (TPSA) is 145 Å². The fourth-order valence-electron chi connectivity index (χ4n) is 3.60. The lowest BCUT2D eigenvalue weighted by molar-refractivity contribution is -0.274. The summed E-state index contributed by atoms with van der Waals surface area (Å²) in [4.78, 5) is 24.3. The molecular weight excluding hydrogens is 583 g/mol. The van der Waals surface area contributed by atoms with Crippen LogP contribution >= 0.6 is 11.3 Å². The van der Waals surface area contributed by atoms with Crippen LogP contribution in [0.4, 0.5) is 27.1 Å². The van der Waals surface area contributed by atoms with E-state index in [1.807, 2.05) is 0 Å². The largest absolute Gasteiger partial charge is 0.573 e. The number of carbonyl (C=O) groups is 2. The van der Waals surface area contributed by atoms with Crippen LogP contribution in [0.5, 0.6) is 5.75 Å². The zero-order valence-corrected chi connectivity index (χ0v) is 22.8. The Balaban J connectivity index is 1.37. The van der Waals surface area contributed by atoms with Gasteiger partial charge in [0.15, 0.2) is 11.6 Å². The van der Waals surface area contributed by atoms with Gasteiger partial charge >= 0.3 is 6.36 Å². The number of unbranched alkanes of at least 4 members (excludes halogenated alkanes) is 1. The molecule has 0 spiro atoms. The Kier molecular flexibility index (Phi) is 11.4. The van der Waals surface area contributed by atoms with Gasteiger partial charge < -0.3 is 26.8 Å². The summed E-state index contributed by atoms with van der Waals surface area (Å²) < 4.78 is 68.0. The Hall–Kier alpha value is -4.53. The molecule has 1 aromatic heterocycles. The zero-order valence-electron chi connectivity index (χ0n) is 22.0. The molecule has 0 bridgehead atoms. The van der Waals surface area contributed by atoms with E-state index < -0.39 is 35.6 Å². The SMILES string of the molecule is N/C(=C\C=C(/N)NC(=O)Cc1cccc(OC(F)(F)F)c1)CCCCc1nnc(NC(=O)Cc2cccc(F)c2F)s1. The number of hydrogen-bond donors (Lipinski definition) is 4. The molecule has 9 nitrogen and oxygen atoms in total. The molecule has 0 saturated heterocycles. The molecule has 0 fully saturated rings. The van der Waals surface area contributed by atoms with Gasteiger partial charge in [0.1, 0.15) is 16.6 Å². The van der Waals surface area contributed by atoms with E-state index >= 15 is 0 Å². The monoisotopic (exact) mass is 610 g/mol. The summed E-state index contributed by atoms with van der Waals surface area (Å²) >= 11 is 1.17. The first-order valence-electron chi connectivity index (χ1n) is 12.5. The lowest BCUT2D eigenvalue weighted by Gasteiger charge is -2.10. The highest BCUT2D eigenvalue weighted by Gasteiger charge is 2.31. The predicted molar refractivity (Wildman–Crippen MR) is 146 cm³/mol. The molecule has 3 rings (SSSR count). The summed E-state index contributed by atoms with van der Waals surface area (Å²) in [6.07, 6.45) is 0.0371. The lowest BCUT2D eigenvalue weighted by atomic mass is 10.1. The Bertz CT molecular complexity index is 1460. The van der Waals surface area contributed by atoms with Crippen LogP contribution in [-0.2, 0) is 28.9 Å². The minimum atomic E-state index is -4.84. The molecule has 0 aliphatic heterocycles. The molecule has 224 valence electrons. The number of amides is 2. The Morgan fingerprint density at radius 1 is 0.976 bits per heavy atom. The smallest absolute Gasteiger partial charge is 0.406 e. The van der Waals surface area contributed by atoms with Gasteiger partial charge in [0.2, 0.25) is 16.9 Å². The number of hydrogen-bond acceptors (Lipinski definition) is 8. The average molecular weight is 611 g/mol. The van der Waals surface area contributed by atoms with Gasteiger partial charge in [-0.1, -0.05) is 35.6 Å². The molecule has 6 N–H and O–H groups in total. The third kappa shape index (κ3) is 11.2. The number of aryl methyl sites for hydroxylation is 1. The third-order valence-electron chi connectivity index (χ3n) is 5.46.